The fourth-order valence-corrected chi connectivity index (χ4v) is 4.33. The summed E-state index contributed by atoms with van der Waals surface area (Å²) in [4.78, 5) is 31.3. The number of carbonyl (C=O) groups is 2. The molecule has 1 atom stereocenters. The molecule has 2 amide bonds. The van der Waals surface area contributed by atoms with Crippen LogP contribution >= 0.6 is 11.3 Å². The monoisotopic (exact) mass is 443 g/mol. The van der Waals surface area contributed by atoms with Crippen LogP contribution in [0.1, 0.15) is 34.0 Å². The Morgan fingerprint density at radius 1 is 1.26 bits per heavy atom. The third kappa shape index (κ3) is 5.01. The second-order valence-corrected chi connectivity index (χ2v) is 8.00. The van der Waals surface area contributed by atoms with E-state index in [4.69, 9.17) is 9.47 Å². The molecular weight excluding hydrogens is 418 g/mol. The lowest BCUT2D eigenvalue weighted by Crippen LogP contribution is -2.21. The van der Waals surface area contributed by atoms with Crippen molar-refractivity contribution < 1.29 is 24.2 Å². The zero-order valence-electron chi connectivity index (χ0n) is 17.8. The summed E-state index contributed by atoms with van der Waals surface area (Å²) in [5.41, 5.74) is 1.60. The lowest BCUT2D eigenvalue weighted by atomic mass is 10.1. The first-order valence-electron chi connectivity index (χ1n) is 9.74. The van der Waals surface area contributed by atoms with Gasteiger partial charge in [-0.15, -0.1) is 11.3 Å². The molecule has 2 aromatic heterocycles. The molecule has 0 aliphatic rings. The maximum atomic E-state index is 12.6. The standard InChI is InChI=1S/C22H25N3O5S/c1-5-29-22(28)17-13(2)19(21(27)25(3)4)31-20(17)24-16(26)12-30-15-10-6-8-14-9-7-11-23-18(14)15/h6-11,22,28H,5,12H2,1-4H3,(H,24,26). The highest BCUT2D eigenvalue weighted by molar-refractivity contribution is 7.18. The molecule has 3 rings (SSSR count). The number of ether oxygens (including phenoxy) is 2. The highest BCUT2D eigenvalue weighted by Crippen LogP contribution is 2.38. The molecule has 9 heteroatoms. The van der Waals surface area contributed by atoms with Crippen LogP contribution in [0.3, 0.4) is 0 Å². The van der Waals surface area contributed by atoms with Crippen LogP contribution in [0.25, 0.3) is 10.9 Å². The van der Waals surface area contributed by atoms with Crippen LogP contribution in [0.5, 0.6) is 5.75 Å². The summed E-state index contributed by atoms with van der Waals surface area (Å²) in [6.07, 6.45) is 0.400. The van der Waals surface area contributed by atoms with E-state index in [1.165, 1.54) is 4.90 Å². The number of thiophene rings is 1. The van der Waals surface area contributed by atoms with Crippen LogP contribution in [-0.4, -0.2) is 54.1 Å². The first kappa shape index (κ1) is 22.7. The zero-order valence-corrected chi connectivity index (χ0v) is 18.7. The van der Waals surface area contributed by atoms with Crippen molar-refractivity contribution >= 4 is 39.1 Å². The van der Waals surface area contributed by atoms with Gasteiger partial charge in [0.25, 0.3) is 11.8 Å². The second-order valence-electron chi connectivity index (χ2n) is 6.97. The van der Waals surface area contributed by atoms with Crippen LogP contribution in [0.2, 0.25) is 0 Å². The molecule has 2 heterocycles. The van der Waals surface area contributed by atoms with Crippen LogP contribution in [0.4, 0.5) is 5.00 Å². The SMILES string of the molecule is CCOC(O)c1c(NC(=O)COc2cccc3cccnc23)sc(C(=O)N(C)C)c1C. The van der Waals surface area contributed by atoms with Crippen LogP contribution < -0.4 is 10.1 Å². The summed E-state index contributed by atoms with van der Waals surface area (Å²) >= 11 is 1.10. The smallest absolute Gasteiger partial charge is 0.263 e. The summed E-state index contributed by atoms with van der Waals surface area (Å²) < 4.78 is 11.0. The number of anilines is 1. The van der Waals surface area contributed by atoms with Gasteiger partial charge < -0.3 is 24.8 Å². The molecule has 8 nitrogen and oxygen atoms in total. The Balaban J connectivity index is 1.81. The molecule has 0 aliphatic heterocycles. The van der Waals surface area contributed by atoms with Crippen molar-refractivity contribution in [2.75, 3.05) is 32.6 Å². The summed E-state index contributed by atoms with van der Waals surface area (Å²) in [5.74, 6) is -0.150. The van der Waals surface area contributed by atoms with E-state index in [1.54, 1.807) is 40.2 Å². The van der Waals surface area contributed by atoms with Gasteiger partial charge >= 0.3 is 0 Å². The van der Waals surface area contributed by atoms with E-state index in [1.807, 2.05) is 24.3 Å². The molecule has 2 N–H and O–H groups in total. The Hall–Kier alpha value is -3.01. The molecule has 0 aliphatic carbocycles. The van der Waals surface area contributed by atoms with Crippen LogP contribution in [0, 0.1) is 6.92 Å². The minimum Gasteiger partial charge on any atom is -0.481 e. The number of benzene rings is 1. The number of hydrogen-bond acceptors (Lipinski definition) is 7. The lowest BCUT2D eigenvalue weighted by Gasteiger charge is -2.14. The number of carbonyl (C=O) groups excluding carboxylic acids is 2. The van der Waals surface area contributed by atoms with E-state index in [2.05, 4.69) is 10.3 Å². The number of para-hydroxylation sites is 1. The largest absolute Gasteiger partial charge is 0.481 e. The number of pyridine rings is 1. The number of amides is 2. The highest BCUT2D eigenvalue weighted by Gasteiger charge is 2.27. The van der Waals surface area contributed by atoms with Gasteiger partial charge in [0.15, 0.2) is 12.9 Å². The van der Waals surface area contributed by atoms with Gasteiger partial charge in [0.05, 0.1) is 4.88 Å². The summed E-state index contributed by atoms with van der Waals surface area (Å²) in [5, 5.41) is 14.4. The van der Waals surface area contributed by atoms with Crippen molar-refractivity contribution in [2.45, 2.75) is 20.1 Å². The predicted molar refractivity (Wildman–Crippen MR) is 120 cm³/mol. The highest BCUT2D eigenvalue weighted by atomic mass is 32.1. The van der Waals surface area contributed by atoms with Crippen molar-refractivity contribution in [3.05, 3.63) is 52.5 Å². The van der Waals surface area contributed by atoms with E-state index in [9.17, 15) is 14.7 Å². The first-order valence-corrected chi connectivity index (χ1v) is 10.6. The summed E-state index contributed by atoms with van der Waals surface area (Å²) in [6.45, 7) is 3.49. The molecule has 0 saturated carbocycles. The number of nitrogens with one attached hydrogen (secondary N) is 1. The van der Waals surface area contributed by atoms with Gasteiger partial charge in [0.2, 0.25) is 0 Å². The number of nitrogens with zero attached hydrogens (tertiary/aromatic N) is 2. The zero-order chi connectivity index (χ0) is 22.5. The fraction of sp³-hybridized carbons (Fsp3) is 0.318. The Morgan fingerprint density at radius 3 is 2.71 bits per heavy atom. The first-order chi connectivity index (χ1) is 14.8. The number of aliphatic hydroxyl groups excluding tert-OH is 1. The Morgan fingerprint density at radius 2 is 2.00 bits per heavy atom. The van der Waals surface area contributed by atoms with E-state index in [0.717, 1.165) is 16.7 Å². The van der Waals surface area contributed by atoms with Crippen LogP contribution in [-0.2, 0) is 9.53 Å². The predicted octanol–water partition coefficient (Wildman–Crippen LogP) is 3.35. The molecular formula is C22H25N3O5S. The molecule has 1 aromatic carbocycles. The molecule has 1 unspecified atom stereocenters. The average Bonchev–Trinajstić information content (AvgIpc) is 3.07. The van der Waals surface area contributed by atoms with Crippen molar-refractivity contribution in [1.29, 1.82) is 0 Å². The molecule has 0 bridgehead atoms. The Bertz CT molecular complexity index is 1090. The van der Waals surface area contributed by atoms with Crippen molar-refractivity contribution in [2.24, 2.45) is 0 Å². The Labute approximate surface area is 184 Å². The second kappa shape index (κ2) is 9.86. The molecule has 3 aromatic rings. The third-order valence-electron chi connectivity index (χ3n) is 4.57. The van der Waals surface area contributed by atoms with Gasteiger partial charge in [-0.2, -0.15) is 0 Å². The van der Waals surface area contributed by atoms with Gasteiger partial charge in [-0.1, -0.05) is 18.2 Å². The van der Waals surface area contributed by atoms with Gasteiger partial charge in [0.1, 0.15) is 16.3 Å². The Kier molecular flexibility index (Phi) is 7.21. The fourth-order valence-electron chi connectivity index (χ4n) is 3.06. The maximum absolute atomic E-state index is 12.6. The van der Waals surface area contributed by atoms with Crippen molar-refractivity contribution in [3.63, 3.8) is 0 Å². The number of rotatable bonds is 8. The number of fused-ring (bicyclic) bond motifs is 1. The van der Waals surface area contributed by atoms with Crippen molar-refractivity contribution in [3.8, 4) is 5.75 Å². The number of hydrogen-bond donors (Lipinski definition) is 2. The lowest BCUT2D eigenvalue weighted by molar-refractivity contribution is -0.118. The van der Waals surface area contributed by atoms with Gasteiger partial charge in [-0.25, -0.2) is 0 Å². The van der Waals surface area contributed by atoms with E-state index in [0.29, 0.717) is 32.3 Å². The van der Waals surface area contributed by atoms with Crippen molar-refractivity contribution in [1.82, 2.24) is 9.88 Å². The van der Waals surface area contributed by atoms with Gasteiger partial charge in [-0.05, 0) is 31.5 Å². The number of aromatic nitrogens is 1. The summed E-state index contributed by atoms with van der Waals surface area (Å²) in [6, 6.07) is 9.23. The quantitative estimate of drug-likeness (QED) is 0.518. The summed E-state index contributed by atoms with van der Waals surface area (Å²) in [7, 11) is 3.29. The topological polar surface area (TPSA) is 101 Å². The number of aliphatic hydroxyl groups is 1. The molecule has 0 radical (unpaired) electrons. The molecule has 0 fully saturated rings. The molecule has 0 saturated heterocycles. The minimum atomic E-state index is -1.26. The molecule has 31 heavy (non-hydrogen) atoms. The van der Waals surface area contributed by atoms with Gasteiger partial charge in [0, 0.05) is 37.8 Å². The molecule has 164 valence electrons. The normalized spacial score (nSPS) is 11.9. The van der Waals surface area contributed by atoms with Crippen LogP contribution in [0.15, 0.2) is 36.5 Å². The van der Waals surface area contributed by atoms with Gasteiger partial charge in [-0.3, -0.25) is 14.6 Å². The third-order valence-corrected chi connectivity index (χ3v) is 5.78. The minimum absolute atomic E-state index is 0.217. The van der Waals surface area contributed by atoms with E-state index < -0.39 is 12.2 Å². The van der Waals surface area contributed by atoms with E-state index in [-0.39, 0.29) is 19.1 Å². The maximum Gasteiger partial charge on any atom is 0.263 e. The van der Waals surface area contributed by atoms with E-state index >= 15 is 0 Å². The average molecular weight is 444 g/mol. The molecule has 0 spiro atoms.